The topological polar surface area (TPSA) is 88.8 Å². The molecule has 0 N–H and O–H groups in total. The largest absolute Gasteiger partial charge is 0.497 e. The molecule has 0 saturated carbocycles. The number of nitrogens with zero attached hydrogens (tertiary/aromatic N) is 4. The predicted molar refractivity (Wildman–Crippen MR) is 130 cm³/mol. The van der Waals surface area contributed by atoms with Gasteiger partial charge in [0.1, 0.15) is 11.8 Å². The standard InChI is InChI=1S/C26H38N4O4/c1-5-8-12-19(6-2)26(32)29(7-3)18-23(31)30-16-10-9-15-22(30)25-27-24(28-34-25)20-13-11-14-21(17-20)33-4/h11,13-14,17,19,22H,5-10,12,15-16,18H2,1-4H3. The number of ether oxygens (including phenoxy) is 1. The number of likely N-dealkylation sites (N-methyl/N-ethyl adjacent to an activating group) is 1. The Kier molecular flexibility index (Phi) is 9.48. The zero-order valence-corrected chi connectivity index (χ0v) is 21.0. The van der Waals surface area contributed by atoms with Gasteiger partial charge in [-0.25, -0.2) is 0 Å². The highest BCUT2D eigenvalue weighted by Crippen LogP contribution is 2.32. The molecule has 0 bridgehead atoms. The van der Waals surface area contributed by atoms with Gasteiger partial charge in [-0.3, -0.25) is 9.59 Å². The highest BCUT2D eigenvalue weighted by atomic mass is 16.5. The van der Waals surface area contributed by atoms with Gasteiger partial charge in [0.15, 0.2) is 0 Å². The predicted octanol–water partition coefficient (Wildman–Crippen LogP) is 4.86. The number of hydrogen-bond donors (Lipinski definition) is 0. The third-order valence-electron chi connectivity index (χ3n) is 6.65. The normalized spacial score (nSPS) is 16.8. The lowest BCUT2D eigenvalue weighted by atomic mass is 9.97. The second-order valence-corrected chi connectivity index (χ2v) is 8.89. The number of amides is 2. The lowest BCUT2D eigenvalue weighted by Crippen LogP contribution is -2.47. The molecule has 1 saturated heterocycles. The monoisotopic (exact) mass is 470 g/mol. The van der Waals surface area contributed by atoms with Crippen molar-refractivity contribution in [1.82, 2.24) is 19.9 Å². The lowest BCUT2D eigenvalue weighted by Gasteiger charge is -2.35. The molecular weight excluding hydrogens is 432 g/mol. The van der Waals surface area contributed by atoms with E-state index in [0.29, 0.717) is 30.6 Å². The molecule has 0 radical (unpaired) electrons. The molecule has 1 aliphatic rings. The molecule has 1 aliphatic heterocycles. The average Bonchev–Trinajstić information content (AvgIpc) is 3.37. The number of hydrogen-bond acceptors (Lipinski definition) is 6. The first kappa shape index (κ1) is 25.7. The molecule has 2 unspecified atom stereocenters. The molecule has 1 aromatic carbocycles. The minimum Gasteiger partial charge on any atom is -0.497 e. The van der Waals surface area contributed by atoms with Gasteiger partial charge in [-0.2, -0.15) is 4.98 Å². The Morgan fingerprint density at radius 1 is 1.26 bits per heavy atom. The highest BCUT2D eigenvalue weighted by molar-refractivity contribution is 5.86. The van der Waals surface area contributed by atoms with Crippen LogP contribution in [-0.4, -0.2) is 58.5 Å². The number of likely N-dealkylation sites (tertiary alicyclic amines) is 1. The van der Waals surface area contributed by atoms with Gasteiger partial charge in [-0.05, 0) is 51.2 Å². The summed E-state index contributed by atoms with van der Waals surface area (Å²) in [7, 11) is 1.61. The van der Waals surface area contributed by atoms with Gasteiger partial charge in [0, 0.05) is 24.6 Å². The molecular formula is C26H38N4O4. The Morgan fingerprint density at radius 3 is 2.79 bits per heavy atom. The molecule has 2 amide bonds. The van der Waals surface area contributed by atoms with Crippen molar-refractivity contribution in [1.29, 1.82) is 0 Å². The Morgan fingerprint density at radius 2 is 2.09 bits per heavy atom. The summed E-state index contributed by atoms with van der Waals surface area (Å²) in [5.41, 5.74) is 0.795. The fourth-order valence-electron chi connectivity index (χ4n) is 4.55. The molecule has 2 atom stereocenters. The van der Waals surface area contributed by atoms with Crippen LogP contribution in [0.15, 0.2) is 28.8 Å². The molecule has 186 valence electrons. The van der Waals surface area contributed by atoms with Crippen LogP contribution in [-0.2, 0) is 9.59 Å². The Bertz CT molecular complexity index is 944. The second-order valence-electron chi connectivity index (χ2n) is 8.89. The molecule has 1 fully saturated rings. The van der Waals surface area contributed by atoms with Gasteiger partial charge in [0.25, 0.3) is 0 Å². The summed E-state index contributed by atoms with van der Waals surface area (Å²) >= 11 is 0. The molecule has 3 rings (SSSR count). The maximum absolute atomic E-state index is 13.4. The van der Waals surface area contributed by atoms with Crippen molar-refractivity contribution in [2.75, 3.05) is 26.7 Å². The summed E-state index contributed by atoms with van der Waals surface area (Å²) in [6.07, 6.45) is 6.43. The van der Waals surface area contributed by atoms with Gasteiger partial charge in [0.05, 0.1) is 13.7 Å². The number of carbonyl (C=O) groups is 2. The van der Waals surface area contributed by atoms with E-state index >= 15 is 0 Å². The first-order valence-electron chi connectivity index (χ1n) is 12.6. The second kappa shape index (κ2) is 12.5. The van der Waals surface area contributed by atoms with Crippen LogP contribution in [0.2, 0.25) is 0 Å². The quantitative estimate of drug-likeness (QED) is 0.466. The molecule has 34 heavy (non-hydrogen) atoms. The van der Waals surface area contributed by atoms with Crippen molar-refractivity contribution in [2.45, 2.75) is 71.8 Å². The van der Waals surface area contributed by atoms with Crippen molar-refractivity contribution in [2.24, 2.45) is 5.92 Å². The van der Waals surface area contributed by atoms with Crippen LogP contribution in [0.3, 0.4) is 0 Å². The maximum atomic E-state index is 13.4. The zero-order valence-electron chi connectivity index (χ0n) is 21.0. The maximum Gasteiger partial charge on any atom is 0.249 e. The molecule has 8 nitrogen and oxygen atoms in total. The average molecular weight is 471 g/mol. The molecule has 2 heterocycles. The minimum absolute atomic E-state index is 0.0220. The van der Waals surface area contributed by atoms with Crippen LogP contribution in [0, 0.1) is 5.92 Å². The molecule has 0 spiro atoms. The molecule has 8 heteroatoms. The number of methoxy groups -OCH3 is 1. The van der Waals surface area contributed by atoms with E-state index in [1.54, 1.807) is 12.0 Å². The van der Waals surface area contributed by atoms with Gasteiger partial charge < -0.3 is 19.1 Å². The van der Waals surface area contributed by atoms with Crippen molar-refractivity contribution < 1.29 is 18.8 Å². The Balaban J connectivity index is 1.73. The summed E-state index contributed by atoms with van der Waals surface area (Å²) in [6, 6.07) is 7.21. The van der Waals surface area contributed by atoms with E-state index in [2.05, 4.69) is 17.1 Å². The van der Waals surface area contributed by atoms with Gasteiger partial charge in [0.2, 0.25) is 23.5 Å². The van der Waals surface area contributed by atoms with Crippen molar-refractivity contribution in [3.63, 3.8) is 0 Å². The van der Waals surface area contributed by atoms with Crippen molar-refractivity contribution >= 4 is 11.8 Å². The highest BCUT2D eigenvalue weighted by Gasteiger charge is 2.34. The van der Waals surface area contributed by atoms with Crippen LogP contribution >= 0.6 is 0 Å². The fourth-order valence-corrected chi connectivity index (χ4v) is 4.55. The van der Waals surface area contributed by atoms with E-state index in [1.807, 2.05) is 43.0 Å². The van der Waals surface area contributed by atoms with Crippen molar-refractivity contribution in [3.05, 3.63) is 30.2 Å². The molecule has 2 aromatic rings. The summed E-state index contributed by atoms with van der Waals surface area (Å²) < 4.78 is 10.9. The van der Waals surface area contributed by atoms with E-state index in [-0.39, 0.29) is 30.3 Å². The minimum atomic E-state index is -0.274. The number of benzene rings is 1. The number of piperidine rings is 1. The summed E-state index contributed by atoms with van der Waals surface area (Å²) in [5, 5.41) is 4.15. The number of carbonyl (C=O) groups excluding carboxylic acids is 2. The number of unbranched alkanes of at least 4 members (excludes halogenated alkanes) is 1. The lowest BCUT2D eigenvalue weighted by molar-refractivity contribution is -0.145. The van der Waals surface area contributed by atoms with E-state index in [9.17, 15) is 9.59 Å². The summed E-state index contributed by atoms with van der Waals surface area (Å²) in [6.45, 7) is 7.34. The van der Waals surface area contributed by atoms with Crippen molar-refractivity contribution in [3.8, 4) is 17.1 Å². The number of aromatic nitrogens is 2. The Hall–Kier alpha value is -2.90. The van der Waals surface area contributed by atoms with Crippen LogP contribution in [0.4, 0.5) is 0 Å². The van der Waals surface area contributed by atoms with Crippen LogP contribution < -0.4 is 4.74 Å². The third-order valence-corrected chi connectivity index (χ3v) is 6.65. The fraction of sp³-hybridized carbons (Fsp3) is 0.615. The van der Waals surface area contributed by atoms with Crippen LogP contribution in [0.5, 0.6) is 5.75 Å². The van der Waals surface area contributed by atoms with E-state index in [1.165, 1.54) is 0 Å². The van der Waals surface area contributed by atoms with Gasteiger partial charge in [-0.15, -0.1) is 0 Å². The molecule has 1 aromatic heterocycles. The van der Waals surface area contributed by atoms with E-state index < -0.39 is 0 Å². The first-order chi connectivity index (χ1) is 16.5. The van der Waals surface area contributed by atoms with Gasteiger partial charge in [-0.1, -0.05) is 44.0 Å². The first-order valence-corrected chi connectivity index (χ1v) is 12.6. The van der Waals surface area contributed by atoms with Gasteiger partial charge >= 0.3 is 0 Å². The van der Waals surface area contributed by atoms with Crippen LogP contribution in [0.25, 0.3) is 11.4 Å². The third kappa shape index (κ3) is 6.15. The van der Waals surface area contributed by atoms with Crippen LogP contribution in [0.1, 0.15) is 77.6 Å². The Labute approximate surface area is 202 Å². The van der Waals surface area contributed by atoms with E-state index in [4.69, 9.17) is 9.26 Å². The SMILES string of the molecule is CCCCC(CC)C(=O)N(CC)CC(=O)N1CCCCC1c1nc(-c2cccc(OC)c2)no1. The molecule has 0 aliphatic carbocycles. The smallest absolute Gasteiger partial charge is 0.249 e. The summed E-state index contributed by atoms with van der Waals surface area (Å²) in [5.74, 6) is 1.62. The summed E-state index contributed by atoms with van der Waals surface area (Å²) in [4.78, 5) is 34.6. The zero-order chi connectivity index (χ0) is 24.5. The number of rotatable bonds is 11. The van der Waals surface area contributed by atoms with E-state index in [0.717, 1.165) is 50.5 Å².